The van der Waals surface area contributed by atoms with Crippen LogP contribution in [-0.4, -0.2) is 34.9 Å². The zero-order valence-electron chi connectivity index (χ0n) is 26.1. The zero-order chi connectivity index (χ0) is 30.9. The van der Waals surface area contributed by atoms with Gasteiger partial charge in [-0.2, -0.15) is 25.3 Å². The van der Waals surface area contributed by atoms with Gasteiger partial charge in [0.1, 0.15) is 5.82 Å². The van der Waals surface area contributed by atoms with Crippen molar-refractivity contribution >= 4 is 25.3 Å². The number of hydrogen-bond donors (Lipinski definition) is 4. The summed E-state index contributed by atoms with van der Waals surface area (Å²) in [6, 6.07) is 22.8. The Morgan fingerprint density at radius 1 is 0.698 bits per heavy atom. The molecule has 0 amide bonds. The molecule has 2 N–H and O–H groups in total. The van der Waals surface area contributed by atoms with Crippen LogP contribution >= 0.6 is 25.3 Å². The highest BCUT2D eigenvalue weighted by atomic mass is 32.1. The van der Waals surface area contributed by atoms with Gasteiger partial charge in [-0.15, -0.1) is 0 Å². The van der Waals surface area contributed by atoms with Crippen molar-refractivity contribution in [3.8, 4) is 0 Å². The van der Waals surface area contributed by atoms with Crippen LogP contribution in [0.5, 0.6) is 0 Å². The lowest BCUT2D eigenvalue weighted by Gasteiger charge is -2.22. The number of hydrogen-bond acceptors (Lipinski definition) is 4. The topological polar surface area (TPSA) is 40.5 Å². The van der Waals surface area contributed by atoms with Crippen molar-refractivity contribution in [3.63, 3.8) is 0 Å². The Labute approximate surface area is 271 Å². The third kappa shape index (κ3) is 12.3. The molecule has 0 bridgehead atoms. The fourth-order valence-electron chi connectivity index (χ4n) is 5.99. The maximum atomic E-state index is 13.7. The summed E-state index contributed by atoms with van der Waals surface area (Å²) in [5.74, 6) is 3.19. The second-order valence-electron chi connectivity index (χ2n) is 12.2. The third-order valence-electron chi connectivity index (χ3n) is 9.04. The first kappa shape index (κ1) is 35.7. The van der Waals surface area contributed by atoms with Crippen LogP contribution < -0.4 is 0 Å². The van der Waals surface area contributed by atoms with Crippen molar-refractivity contribution in [1.29, 1.82) is 0 Å². The van der Waals surface area contributed by atoms with E-state index in [-0.39, 0.29) is 24.9 Å². The largest absolute Gasteiger partial charge is 0.396 e. The van der Waals surface area contributed by atoms with E-state index >= 15 is 0 Å². The van der Waals surface area contributed by atoms with Crippen molar-refractivity contribution in [1.82, 2.24) is 0 Å². The van der Waals surface area contributed by atoms with Crippen LogP contribution in [-0.2, 0) is 32.1 Å². The summed E-state index contributed by atoms with van der Waals surface area (Å²) in [6.45, 7) is 2.19. The number of aliphatic hydroxyl groups excluding tert-OH is 2. The van der Waals surface area contributed by atoms with Gasteiger partial charge in [0.05, 0.1) is 0 Å². The Morgan fingerprint density at radius 2 is 1.30 bits per heavy atom. The lowest BCUT2D eigenvalue weighted by atomic mass is 9.84. The summed E-state index contributed by atoms with van der Waals surface area (Å²) in [6.07, 6.45) is 13.5. The first-order valence-corrected chi connectivity index (χ1v) is 17.6. The molecule has 0 unspecified atom stereocenters. The zero-order valence-corrected chi connectivity index (χ0v) is 27.9. The highest BCUT2D eigenvalue weighted by Gasteiger charge is 2.15. The van der Waals surface area contributed by atoms with Crippen LogP contribution in [0.2, 0.25) is 0 Å². The molecule has 4 rings (SSSR count). The van der Waals surface area contributed by atoms with Gasteiger partial charge < -0.3 is 10.2 Å². The molecule has 5 heteroatoms. The molecule has 1 saturated carbocycles. The van der Waals surface area contributed by atoms with Gasteiger partial charge in [0.15, 0.2) is 0 Å². The highest BCUT2D eigenvalue weighted by Crippen LogP contribution is 2.32. The fourth-order valence-corrected chi connectivity index (χ4v) is 6.82. The van der Waals surface area contributed by atoms with E-state index in [4.69, 9.17) is 10.2 Å². The number of halogens is 1. The Balaban J connectivity index is 0.000000242. The van der Waals surface area contributed by atoms with Gasteiger partial charge in [-0.1, -0.05) is 86.8 Å². The number of benzene rings is 3. The van der Waals surface area contributed by atoms with E-state index in [2.05, 4.69) is 74.6 Å². The highest BCUT2D eigenvalue weighted by molar-refractivity contribution is 7.81. The van der Waals surface area contributed by atoms with Crippen molar-refractivity contribution in [2.45, 2.75) is 89.9 Å². The summed E-state index contributed by atoms with van der Waals surface area (Å²) in [4.78, 5) is 0. The average molecular weight is 625 g/mol. The predicted molar refractivity (Wildman–Crippen MR) is 187 cm³/mol. The first-order valence-electron chi connectivity index (χ1n) is 16.4. The molecule has 0 heterocycles. The van der Waals surface area contributed by atoms with Crippen LogP contribution in [0.3, 0.4) is 0 Å². The van der Waals surface area contributed by atoms with Crippen molar-refractivity contribution in [2.24, 2.45) is 11.8 Å². The minimum Gasteiger partial charge on any atom is -0.396 e. The molecule has 2 nitrogen and oxygen atoms in total. The maximum absolute atomic E-state index is 13.7. The molecule has 3 aromatic rings. The van der Waals surface area contributed by atoms with E-state index in [1.54, 1.807) is 11.6 Å². The Hall–Kier alpha value is -1.79. The third-order valence-corrected chi connectivity index (χ3v) is 10.1. The van der Waals surface area contributed by atoms with Gasteiger partial charge in [0, 0.05) is 19.1 Å². The van der Waals surface area contributed by atoms with E-state index in [9.17, 15) is 4.39 Å². The minimum absolute atomic E-state index is 0.0257. The molecule has 1 aliphatic carbocycles. The molecule has 3 aromatic carbocycles. The summed E-state index contributed by atoms with van der Waals surface area (Å²) in [5, 5.41) is 18.3. The standard InChI is InChI=1S/C21H27FO2.C17H26S2/c1-2-18-13-16(7-8-17(14-23)15-24)9-10-19(18)11-12-20-5-3-4-6-21(20)22;18-12-15(13-19)7-6-14-8-10-17(11-9-14)16-4-2-1-3-5-16/h3-6,9-10,13,17,23-24H,2,7-8,11-12,14-15H2,1H3;8-11,15-16,18-19H,1-7,12-13H2. The van der Waals surface area contributed by atoms with Crippen LogP contribution in [0.4, 0.5) is 4.39 Å². The molecular formula is C38H53FO2S2. The summed E-state index contributed by atoms with van der Waals surface area (Å²) >= 11 is 8.76. The quantitative estimate of drug-likeness (QED) is 0.128. The normalized spacial score (nSPS) is 13.8. The van der Waals surface area contributed by atoms with E-state index in [1.807, 2.05) is 12.1 Å². The van der Waals surface area contributed by atoms with Crippen LogP contribution in [0.1, 0.15) is 91.2 Å². The Morgan fingerprint density at radius 3 is 1.93 bits per heavy atom. The fraction of sp³-hybridized carbons (Fsp3) is 0.526. The van der Waals surface area contributed by atoms with Gasteiger partial charge in [0.25, 0.3) is 0 Å². The lowest BCUT2D eigenvalue weighted by molar-refractivity contribution is 0.144. The average Bonchev–Trinajstić information content (AvgIpc) is 3.06. The summed E-state index contributed by atoms with van der Waals surface area (Å²) in [5.41, 5.74) is 7.58. The van der Waals surface area contributed by atoms with Crippen molar-refractivity contribution < 1.29 is 14.6 Å². The molecule has 43 heavy (non-hydrogen) atoms. The van der Waals surface area contributed by atoms with E-state index in [0.29, 0.717) is 12.3 Å². The molecule has 0 aromatic heterocycles. The van der Waals surface area contributed by atoms with E-state index in [0.717, 1.165) is 55.1 Å². The minimum atomic E-state index is -0.133. The molecular weight excluding hydrogens is 572 g/mol. The lowest BCUT2D eigenvalue weighted by Crippen LogP contribution is -2.12. The molecule has 0 aliphatic heterocycles. The van der Waals surface area contributed by atoms with Gasteiger partial charge in [-0.05, 0) is 121 Å². The number of aryl methyl sites for hydroxylation is 5. The van der Waals surface area contributed by atoms with Crippen molar-refractivity contribution in [3.05, 3.63) is 106 Å². The molecule has 0 atom stereocenters. The number of thiol groups is 2. The molecule has 236 valence electrons. The van der Waals surface area contributed by atoms with Crippen LogP contribution in [0.25, 0.3) is 0 Å². The maximum Gasteiger partial charge on any atom is 0.126 e. The molecule has 1 fully saturated rings. The van der Waals surface area contributed by atoms with Crippen LogP contribution in [0, 0.1) is 17.7 Å². The Bertz CT molecular complexity index is 1170. The second-order valence-corrected chi connectivity index (χ2v) is 12.9. The number of aliphatic hydroxyl groups is 2. The molecule has 0 radical (unpaired) electrons. The summed E-state index contributed by atoms with van der Waals surface area (Å²) < 4.78 is 13.7. The molecule has 0 saturated heterocycles. The van der Waals surface area contributed by atoms with Gasteiger partial charge in [0.2, 0.25) is 0 Å². The van der Waals surface area contributed by atoms with Crippen LogP contribution in [0.15, 0.2) is 66.7 Å². The van der Waals surface area contributed by atoms with Gasteiger partial charge in [-0.3, -0.25) is 0 Å². The van der Waals surface area contributed by atoms with Gasteiger partial charge >= 0.3 is 0 Å². The first-order chi connectivity index (χ1) is 21.0. The van der Waals surface area contributed by atoms with E-state index in [1.165, 1.54) is 66.8 Å². The smallest absolute Gasteiger partial charge is 0.126 e. The Kier molecular flexibility index (Phi) is 16.8. The molecule has 0 spiro atoms. The van der Waals surface area contributed by atoms with Crippen molar-refractivity contribution in [2.75, 3.05) is 24.7 Å². The SMILES string of the molecule is CCc1cc(CCC(CO)CO)ccc1CCc1ccccc1F.SCC(CS)CCc1ccc(C2CCCCC2)cc1. The second kappa shape index (κ2) is 20.3. The van der Waals surface area contributed by atoms with E-state index < -0.39 is 0 Å². The monoisotopic (exact) mass is 624 g/mol. The van der Waals surface area contributed by atoms with Gasteiger partial charge in [-0.25, -0.2) is 4.39 Å². The predicted octanol–water partition coefficient (Wildman–Crippen LogP) is 8.85. The number of rotatable bonds is 15. The summed E-state index contributed by atoms with van der Waals surface area (Å²) in [7, 11) is 0. The molecule has 1 aliphatic rings.